The predicted octanol–water partition coefficient (Wildman–Crippen LogP) is 2.75. The number of hydrogen-bond donors (Lipinski definition) is 0. The molecule has 1 aromatic heterocycles. The Kier molecular flexibility index (Phi) is 2.69. The van der Waals surface area contributed by atoms with Crippen LogP contribution in [0.25, 0.3) is 0 Å². The number of rotatable bonds is 3. The minimum atomic E-state index is 0.403. The molecular weight excluding hydrogens is 138 g/mol. The molecule has 2 nitrogen and oxygen atoms in total. The molecular formula is C9H15NO. The second-order valence-corrected chi connectivity index (χ2v) is 3.08. The van der Waals surface area contributed by atoms with Gasteiger partial charge in [-0.1, -0.05) is 27.2 Å². The van der Waals surface area contributed by atoms with Crippen LogP contribution >= 0.6 is 0 Å². The van der Waals surface area contributed by atoms with Crippen LogP contribution in [0.4, 0.5) is 0 Å². The molecule has 1 aromatic rings. The van der Waals surface area contributed by atoms with Crippen molar-refractivity contribution in [3.8, 4) is 0 Å². The van der Waals surface area contributed by atoms with Crippen molar-refractivity contribution in [1.82, 2.24) is 4.98 Å². The Morgan fingerprint density at radius 2 is 2.27 bits per heavy atom. The van der Waals surface area contributed by atoms with Crippen molar-refractivity contribution < 1.29 is 4.42 Å². The Bertz CT molecular complexity index is 215. The molecule has 0 radical (unpaired) electrons. The highest BCUT2D eigenvalue weighted by atomic mass is 16.3. The van der Waals surface area contributed by atoms with Crippen LogP contribution in [0.3, 0.4) is 0 Å². The molecule has 1 heterocycles. The zero-order valence-corrected chi connectivity index (χ0v) is 7.42. The van der Waals surface area contributed by atoms with Gasteiger partial charge in [0.25, 0.3) is 0 Å². The van der Waals surface area contributed by atoms with Crippen LogP contribution in [-0.4, -0.2) is 4.98 Å². The van der Waals surface area contributed by atoms with E-state index in [-0.39, 0.29) is 0 Å². The summed E-state index contributed by atoms with van der Waals surface area (Å²) in [7, 11) is 0. The molecule has 0 saturated carbocycles. The first-order chi connectivity index (χ1) is 5.24. The van der Waals surface area contributed by atoms with E-state index in [9.17, 15) is 0 Å². The van der Waals surface area contributed by atoms with Gasteiger partial charge < -0.3 is 4.42 Å². The van der Waals surface area contributed by atoms with Crippen LogP contribution in [0.2, 0.25) is 0 Å². The number of aryl methyl sites for hydroxylation is 1. The molecule has 0 fully saturated rings. The van der Waals surface area contributed by atoms with E-state index in [1.54, 1.807) is 6.26 Å². The quantitative estimate of drug-likeness (QED) is 0.667. The van der Waals surface area contributed by atoms with Crippen molar-refractivity contribution in [1.29, 1.82) is 0 Å². The maximum Gasteiger partial charge on any atom is 0.196 e. The minimum absolute atomic E-state index is 0.403. The van der Waals surface area contributed by atoms with Gasteiger partial charge in [0.1, 0.15) is 6.26 Å². The van der Waals surface area contributed by atoms with Crippen molar-refractivity contribution in [3.05, 3.63) is 17.8 Å². The summed E-state index contributed by atoms with van der Waals surface area (Å²) in [6.07, 6.45) is 3.92. The Morgan fingerprint density at radius 3 is 2.73 bits per heavy atom. The van der Waals surface area contributed by atoms with E-state index in [0.717, 1.165) is 24.4 Å². The Hall–Kier alpha value is -0.790. The lowest BCUT2D eigenvalue weighted by Crippen LogP contribution is -1.88. The molecule has 0 aliphatic carbocycles. The van der Waals surface area contributed by atoms with Gasteiger partial charge in [0.15, 0.2) is 5.89 Å². The fraction of sp³-hybridized carbons (Fsp3) is 0.667. The highest BCUT2D eigenvalue weighted by molar-refractivity contribution is 4.98. The summed E-state index contributed by atoms with van der Waals surface area (Å²) < 4.78 is 5.27. The van der Waals surface area contributed by atoms with Crippen LogP contribution in [0, 0.1) is 0 Å². The van der Waals surface area contributed by atoms with Gasteiger partial charge in [-0.15, -0.1) is 0 Å². The zero-order valence-electron chi connectivity index (χ0n) is 7.42. The van der Waals surface area contributed by atoms with Crippen LogP contribution in [0.15, 0.2) is 10.7 Å². The van der Waals surface area contributed by atoms with E-state index < -0.39 is 0 Å². The summed E-state index contributed by atoms with van der Waals surface area (Å²) in [5.41, 5.74) is 1.08. The summed E-state index contributed by atoms with van der Waals surface area (Å²) in [4.78, 5) is 4.33. The first-order valence-corrected chi connectivity index (χ1v) is 4.18. The lowest BCUT2D eigenvalue weighted by molar-refractivity contribution is 0.470. The van der Waals surface area contributed by atoms with Crippen LogP contribution in [0.1, 0.15) is 44.7 Å². The van der Waals surface area contributed by atoms with Crippen LogP contribution in [0.5, 0.6) is 0 Å². The molecule has 0 bridgehead atoms. The van der Waals surface area contributed by atoms with Crippen molar-refractivity contribution >= 4 is 0 Å². The number of hydrogen-bond acceptors (Lipinski definition) is 2. The average molecular weight is 153 g/mol. The molecule has 0 saturated heterocycles. The Balaban J connectivity index is 2.66. The Labute approximate surface area is 67.6 Å². The maximum absolute atomic E-state index is 5.27. The summed E-state index contributed by atoms with van der Waals surface area (Å²) in [6, 6.07) is 0. The normalized spacial score (nSPS) is 10.9. The third-order valence-corrected chi connectivity index (χ3v) is 1.57. The van der Waals surface area contributed by atoms with Gasteiger partial charge in [-0.3, -0.25) is 0 Å². The highest BCUT2D eigenvalue weighted by Crippen LogP contribution is 2.13. The smallest absolute Gasteiger partial charge is 0.196 e. The standard InChI is InChI=1S/C9H15NO/c1-4-5-8-6-11-9(10-8)7(2)3/h6-7H,4-5H2,1-3H3. The highest BCUT2D eigenvalue weighted by Gasteiger charge is 2.05. The van der Waals surface area contributed by atoms with E-state index in [0.29, 0.717) is 5.92 Å². The molecule has 0 N–H and O–H groups in total. The number of oxazole rings is 1. The summed E-state index contributed by atoms with van der Waals surface area (Å²) in [6.45, 7) is 6.31. The number of nitrogens with zero attached hydrogens (tertiary/aromatic N) is 1. The molecule has 0 aliphatic rings. The molecule has 0 unspecified atom stereocenters. The van der Waals surface area contributed by atoms with Gasteiger partial charge in [-0.2, -0.15) is 0 Å². The third kappa shape index (κ3) is 2.07. The summed E-state index contributed by atoms with van der Waals surface area (Å²) in [5, 5.41) is 0. The van der Waals surface area contributed by atoms with Gasteiger partial charge in [-0.25, -0.2) is 4.98 Å². The van der Waals surface area contributed by atoms with Gasteiger partial charge in [0, 0.05) is 5.92 Å². The van der Waals surface area contributed by atoms with Gasteiger partial charge >= 0.3 is 0 Å². The third-order valence-electron chi connectivity index (χ3n) is 1.57. The summed E-state index contributed by atoms with van der Waals surface area (Å²) in [5.74, 6) is 1.26. The second-order valence-electron chi connectivity index (χ2n) is 3.08. The molecule has 2 heteroatoms. The topological polar surface area (TPSA) is 26.0 Å². The first kappa shape index (κ1) is 8.31. The predicted molar refractivity (Wildman–Crippen MR) is 44.6 cm³/mol. The first-order valence-electron chi connectivity index (χ1n) is 4.18. The minimum Gasteiger partial charge on any atom is -0.448 e. The van der Waals surface area contributed by atoms with Crippen molar-refractivity contribution in [2.45, 2.75) is 39.5 Å². The van der Waals surface area contributed by atoms with E-state index >= 15 is 0 Å². The molecule has 0 spiro atoms. The fourth-order valence-corrected chi connectivity index (χ4v) is 0.959. The van der Waals surface area contributed by atoms with E-state index in [1.165, 1.54) is 0 Å². The lowest BCUT2D eigenvalue weighted by atomic mass is 10.2. The average Bonchev–Trinajstić information content (AvgIpc) is 2.37. The van der Waals surface area contributed by atoms with Gasteiger partial charge in [0.2, 0.25) is 0 Å². The molecule has 1 rings (SSSR count). The second kappa shape index (κ2) is 3.56. The fourth-order valence-electron chi connectivity index (χ4n) is 0.959. The number of aromatic nitrogens is 1. The van der Waals surface area contributed by atoms with E-state index in [2.05, 4.69) is 25.8 Å². The van der Waals surface area contributed by atoms with Crippen LogP contribution in [-0.2, 0) is 6.42 Å². The van der Waals surface area contributed by atoms with E-state index in [4.69, 9.17) is 4.42 Å². The van der Waals surface area contributed by atoms with Crippen LogP contribution < -0.4 is 0 Å². The van der Waals surface area contributed by atoms with Crippen molar-refractivity contribution in [3.63, 3.8) is 0 Å². The van der Waals surface area contributed by atoms with Crippen molar-refractivity contribution in [2.75, 3.05) is 0 Å². The molecule has 0 aromatic carbocycles. The maximum atomic E-state index is 5.27. The molecule has 0 atom stereocenters. The largest absolute Gasteiger partial charge is 0.448 e. The van der Waals surface area contributed by atoms with Gasteiger partial charge in [0.05, 0.1) is 5.69 Å². The lowest BCUT2D eigenvalue weighted by Gasteiger charge is -1.94. The Morgan fingerprint density at radius 1 is 1.55 bits per heavy atom. The molecule has 0 amide bonds. The van der Waals surface area contributed by atoms with E-state index in [1.807, 2.05) is 0 Å². The van der Waals surface area contributed by atoms with Gasteiger partial charge in [-0.05, 0) is 6.42 Å². The zero-order chi connectivity index (χ0) is 8.27. The molecule has 11 heavy (non-hydrogen) atoms. The molecule has 62 valence electrons. The SMILES string of the molecule is CCCc1coc(C(C)C)n1. The summed E-state index contributed by atoms with van der Waals surface area (Å²) >= 11 is 0. The van der Waals surface area contributed by atoms with Crippen molar-refractivity contribution in [2.24, 2.45) is 0 Å². The monoisotopic (exact) mass is 153 g/mol. The molecule has 0 aliphatic heterocycles.